The molecular formula is C17H17FN2O. The molecule has 0 saturated heterocycles. The van der Waals surface area contributed by atoms with Gasteiger partial charge in [-0.1, -0.05) is 18.2 Å². The fourth-order valence-electron chi connectivity index (χ4n) is 2.10. The van der Waals surface area contributed by atoms with Gasteiger partial charge in [-0.15, -0.1) is 0 Å². The van der Waals surface area contributed by atoms with E-state index in [1.165, 1.54) is 12.1 Å². The first-order chi connectivity index (χ1) is 10.1. The van der Waals surface area contributed by atoms with E-state index in [0.717, 1.165) is 11.1 Å². The Morgan fingerprint density at radius 1 is 1.29 bits per heavy atom. The van der Waals surface area contributed by atoms with Crippen molar-refractivity contribution in [3.05, 3.63) is 65.0 Å². The summed E-state index contributed by atoms with van der Waals surface area (Å²) in [5.41, 5.74) is 2.42. The van der Waals surface area contributed by atoms with Gasteiger partial charge in [-0.25, -0.2) is 4.39 Å². The fraction of sp³-hybridized carbons (Fsp3) is 0.235. The molecule has 0 heterocycles. The Morgan fingerprint density at radius 3 is 2.76 bits per heavy atom. The Labute approximate surface area is 124 Å². The summed E-state index contributed by atoms with van der Waals surface area (Å²) in [5, 5.41) is 12.3. The first-order valence-corrected chi connectivity index (χ1v) is 6.70. The topological polar surface area (TPSA) is 45.0 Å². The highest BCUT2D eigenvalue weighted by molar-refractivity contribution is 5.45. The highest BCUT2D eigenvalue weighted by Gasteiger charge is 2.07. The molecule has 4 heteroatoms. The zero-order chi connectivity index (χ0) is 15.2. The third-order valence-electron chi connectivity index (χ3n) is 3.35. The van der Waals surface area contributed by atoms with Crippen LogP contribution in [0.25, 0.3) is 0 Å². The number of ether oxygens (including phenoxy) is 1. The third kappa shape index (κ3) is 3.80. The van der Waals surface area contributed by atoms with Crippen molar-refractivity contribution in [1.29, 1.82) is 5.26 Å². The van der Waals surface area contributed by atoms with Crippen LogP contribution in [0.5, 0.6) is 5.75 Å². The minimum Gasteiger partial charge on any atom is -0.495 e. The van der Waals surface area contributed by atoms with Gasteiger partial charge in [0.15, 0.2) is 0 Å². The average Bonchev–Trinajstić information content (AvgIpc) is 2.52. The van der Waals surface area contributed by atoms with E-state index in [9.17, 15) is 4.39 Å². The lowest BCUT2D eigenvalue weighted by Gasteiger charge is -2.15. The quantitative estimate of drug-likeness (QED) is 0.913. The summed E-state index contributed by atoms with van der Waals surface area (Å²) in [6, 6.07) is 14.1. The lowest BCUT2D eigenvalue weighted by Crippen LogP contribution is -2.18. The number of nitrogens with zero attached hydrogens (tertiary/aromatic N) is 1. The molecule has 108 valence electrons. The van der Waals surface area contributed by atoms with Gasteiger partial charge in [0.2, 0.25) is 0 Å². The predicted molar refractivity (Wildman–Crippen MR) is 79.4 cm³/mol. The molecule has 0 amide bonds. The summed E-state index contributed by atoms with van der Waals surface area (Å²) in [7, 11) is 1.54. The fourth-order valence-corrected chi connectivity index (χ4v) is 2.10. The summed E-state index contributed by atoms with van der Waals surface area (Å²) >= 11 is 0. The van der Waals surface area contributed by atoms with Crippen molar-refractivity contribution in [2.45, 2.75) is 19.5 Å². The molecule has 0 aliphatic rings. The average molecular weight is 284 g/mol. The normalized spacial score (nSPS) is 11.7. The van der Waals surface area contributed by atoms with Gasteiger partial charge in [0.05, 0.1) is 12.7 Å². The Hall–Kier alpha value is -2.38. The van der Waals surface area contributed by atoms with Crippen LogP contribution in [0.15, 0.2) is 42.5 Å². The van der Waals surface area contributed by atoms with E-state index >= 15 is 0 Å². The number of halogens is 1. The molecule has 21 heavy (non-hydrogen) atoms. The molecule has 2 aromatic carbocycles. The van der Waals surface area contributed by atoms with Crippen LogP contribution >= 0.6 is 0 Å². The van der Waals surface area contributed by atoms with Crippen LogP contribution in [0.2, 0.25) is 0 Å². The molecular weight excluding hydrogens is 267 g/mol. The molecule has 3 nitrogen and oxygen atoms in total. The Kier molecular flexibility index (Phi) is 4.91. The van der Waals surface area contributed by atoms with Crippen molar-refractivity contribution in [2.75, 3.05) is 7.11 Å². The number of benzene rings is 2. The Bertz CT molecular complexity index is 664. The van der Waals surface area contributed by atoms with Crippen LogP contribution in [0.4, 0.5) is 4.39 Å². The second kappa shape index (κ2) is 6.87. The third-order valence-corrected chi connectivity index (χ3v) is 3.35. The second-order valence-electron chi connectivity index (χ2n) is 4.80. The molecule has 0 unspecified atom stereocenters. The van der Waals surface area contributed by atoms with Gasteiger partial charge in [-0.3, -0.25) is 0 Å². The van der Waals surface area contributed by atoms with Crippen LogP contribution in [0, 0.1) is 17.1 Å². The van der Waals surface area contributed by atoms with Gasteiger partial charge in [0.25, 0.3) is 0 Å². The van der Waals surface area contributed by atoms with E-state index in [0.29, 0.717) is 17.9 Å². The van der Waals surface area contributed by atoms with Gasteiger partial charge >= 0.3 is 0 Å². The number of rotatable bonds is 5. The van der Waals surface area contributed by atoms with E-state index in [1.807, 2.05) is 25.1 Å². The number of nitrogens with one attached hydrogen (secondary N) is 1. The molecule has 0 fully saturated rings. The molecule has 0 aliphatic carbocycles. The maximum absolute atomic E-state index is 13.2. The van der Waals surface area contributed by atoms with Crippen LogP contribution in [0.3, 0.4) is 0 Å². The number of hydrogen-bond acceptors (Lipinski definition) is 3. The van der Waals surface area contributed by atoms with E-state index in [1.54, 1.807) is 19.2 Å². The molecule has 2 rings (SSSR count). The van der Waals surface area contributed by atoms with Gasteiger partial charge in [-0.2, -0.15) is 5.26 Å². The van der Waals surface area contributed by atoms with E-state index < -0.39 is 0 Å². The Morgan fingerprint density at radius 2 is 2.10 bits per heavy atom. The first-order valence-electron chi connectivity index (χ1n) is 6.70. The zero-order valence-electron chi connectivity index (χ0n) is 12.1. The minimum atomic E-state index is -0.235. The van der Waals surface area contributed by atoms with Crippen molar-refractivity contribution < 1.29 is 9.13 Å². The lowest BCUT2D eigenvalue weighted by molar-refractivity contribution is 0.412. The number of methoxy groups -OCH3 is 1. The lowest BCUT2D eigenvalue weighted by atomic mass is 10.1. The van der Waals surface area contributed by atoms with Crippen molar-refractivity contribution in [3.8, 4) is 11.8 Å². The standard InChI is InChI=1S/C17H17FN2O/c1-12(14-4-3-5-16(18)9-14)20-11-13-6-7-15(10-19)17(8-13)21-2/h3-9,12,20H,11H2,1-2H3/t12-/m0/s1. The highest BCUT2D eigenvalue weighted by atomic mass is 19.1. The summed E-state index contributed by atoms with van der Waals surface area (Å²) in [4.78, 5) is 0. The molecule has 0 bridgehead atoms. The molecule has 0 radical (unpaired) electrons. The predicted octanol–water partition coefficient (Wildman–Crippen LogP) is 3.56. The van der Waals surface area contributed by atoms with Gasteiger partial charge in [-0.05, 0) is 42.3 Å². The number of hydrogen-bond donors (Lipinski definition) is 1. The summed E-state index contributed by atoms with van der Waals surface area (Å²) < 4.78 is 18.4. The van der Waals surface area contributed by atoms with Crippen molar-refractivity contribution >= 4 is 0 Å². The smallest absolute Gasteiger partial charge is 0.136 e. The van der Waals surface area contributed by atoms with Gasteiger partial charge in [0, 0.05) is 12.6 Å². The van der Waals surface area contributed by atoms with Crippen LogP contribution in [-0.4, -0.2) is 7.11 Å². The molecule has 1 atom stereocenters. The minimum absolute atomic E-state index is 0.0299. The van der Waals surface area contributed by atoms with Crippen molar-refractivity contribution in [1.82, 2.24) is 5.32 Å². The van der Waals surface area contributed by atoms with E-state index in [2.05, 4.69) is 11.4 Å². The molecule has 0 spiro atoms. The van der Waals surface area contributed by atoms with Crippen LogP contribution in [-0.2, 0) is 6.54 Å². The first kappa shape index (κ1) is 15.0. The van der Waals surface area contributed by atoms with E-state index in [4.69, 9.17) is 10.00 Å². The summed E-state index contributed by atoms with van der Waals surface area (Å²) in [6.45, 7) is 2.59. The molecule has 0 aromatic heterocycles. The summed E-state index contributed by atoms with van der Waals surface area (Å²) in [6.07, 6.45) is 0. The highest BCUT2D eigenvalue weighted by Crippen LogP contribution is 2.20. The molecule has 2 aromatic rings. The maximum Gasteiger partial charge on any atom is 0.136 e. The second-order valence-corrected chi connectivity index (χ2v) is 4.80. The Balaban J connectivity index is 2.04. The maximum atomic E-state index is 13.2. The number of nitriles is 1. The van der Waals surface area contributed by atoms with E-state index in [-0.39, 0.29) is 11.9 Å². The monoisotopic (exact) mass is 284 g/mol. The molecule has 0 saturated carbocycles. The van der Waals surface area contributed by atoms with Gasteiger partial charge < -0.3 is 10.1 Å². The zero-order valence-corrected chi connectivity index (χ0v) is 12.1. The van der Waals surface area contributed by atoms with Crippen LogP contribution in [0.1, 0.15) is 29.7 Å². The van der Waals surface area contributed by atoms with Gasteiger partial charge in [0.1, 0.15) is 17.6 Å². The largest absolute Gasteiger partial charge is 0.495 e. The molecule has 0 aliphatic heterocycles. The SMILES string of the molecule is COc1cc(CN[C@@H](C)c2cccc(F)c2)ccc1C#N. The molecule has 1 N–H and O–H groups in total. The summed E-state index contributed by atoms with van der Waals surface area (Å²) in [5.74, 6) is 0.330. The van der Waals surface area contributed by atoms with Crippen molar-refractivity contribution in [2.24, 2.45) is 0 Å². The van der Waals surface area contributed by atoms with Crippen LogP contribution < -0.4 is 10.1 Å². The van der Waals surface area contributed by atoms with Crippen molar-refractivity contribution in [3.63, 3.8) is 0 Å².